The summed E-state index contributed by atoms with van der Waals surface area (Å²) >= 11 is 0. The molecule has 1 aliphatic rings. The zero-order chi connectivity index (χ0) is 9.73. The molecular formula is C8H16N2O3. The van der Waals surface area contributed by atoms with Gasteiger partial charge in [-0.15, -0.1) is 0 Å². The molecule has 5 heteroatoms. The van der Waals surface area contributed by atoms with Gasteiger partial charge in [-0.2, -0.15) is 0 Å². The molecule has 0 spiro atoms. The van der Waals surface area contributed by atoms with Gasteiger partial charge in [-0.05, 0) is 0 Å². The molecule has 1 saturated heterocycles. The minimum absolute atomic E-state index is 0.0799. The Kier molecular flexibility index (Phi) is 3.65. The summed E-state index contributed by atoms with van der Waals surface area (Å²) in [6.45, 7) is 1.92. The van der Waals surface area contributed by atoms with Crippen molar-refractivity contribution in [3.05, 3.63) is 0 Å². The second-order valence-electron chi connectivity index (χ2n) is 3.30. The third-order valence-corrected chi connectivity index (χ3v) is 2.02. The molecule has 0 aromatic rings. The first-order valence-electron chi connectivity index (χ1n) is 4.38. The van der Waals surface area contributed by atoms with Crippen LogP contribution in [0.25, 0.3) is 0 Å². The molecule has 0 aromatic carbocycles. The van der Waals surface area contributed by atoms with Crippen LogP contribution in [-0.4, -0.2) is 50.0 Å². The highest BCUT2D eigenvalue weighted by Gasteiger charge is 2.31. The van der Waals surface area contributed by atoms with Crippen molar-refractivity contribution < 1.29 is 14.6 Å². The molecular weight excluding hydrogens is 172 g/mol. The minimum Gasteiger partial charge on any atom is -0.386 e. The summed E-state index contributed by atoms with van der Waals surface area (Å²) in [5.41, 5.74) is -1.06. The standard InChI is InChI=1S/C8H16N2O3/c1-9-7(11)4-8(12)5-10-2-3-13-6-8/h10,12H,2-6H2,1H3,(H,9,11)/t8-/m0/s1. The normalized spacial score (nSPS) is 29.4. The number of carbonyl (C=O) groups is 1. The van der Waals surface area contributed by atoms with Gasteiger partial charge in [-0.3, -0.25) is 4.79 Å². The summed E-state index contributed by atoms with van der Waals surface area (Å²) in [6.07, 6.45) is 0.0799. The van der Waals surface area contributed by atoms with E-state index in [0.717, 1.165) is 6.54 Å². The van der Waals surface area contributed by atoms with Crippen LogP contribution in [0.3, 0.4) is 0 Å². The van der Waals surface area contributed by atoms with Crippen molar-refractivity contribution in [3.8, 4) is 0 Å². The number of rotatable bonds is 2. The van der Waals surface area contributed by atoms with Crippen LogP contribution in [0.5, 0.6) is 0 Å². The summed E-state index contributed by atoms with van der Waals surface area (Å²) in [6, 6.07) is 0. The van der Waals surface area contributed by atoms with Gasteiger partial charge in [0.25, 0.3) is 0 Å². The van der Waals surface area contributed by atoms with Crippen molar-refractivity contribution in [2.75, 3.05) is 33.4 Å². The second kappa shape index (κ2) is 4.55. The van der Waals surface area contributed by atoms with Crippen molar-refractivity contribution >= 4 is 5.91 Å². The van der Waals surface area contributed by atoms with Gasteiger partial charge in [0.2, 0.25) is 5.91 Å². The van der Waals surface area contributed by atoms with Crippen molar-refractivity contribution in [3.63, 3.8) is 0 Å². The average Bonchev–Trinajstić information content (AvgIpc) is 2.30. The Labute approximate surface area is 77.5 Å². The minimum atomic E-state index is -1.06. The highest BCUT2D eigenvalue weighted by atomic mass is 16.5. The van der Waals surface area contributed by atoms with Gasteiger partial charge >= 0.3 is 0 Å². The molecule has 0 aliphatic carbocycles. The highest BCUT2D eigenvalue weighted by molar-refractivity contribution is 5.76. The Balaban J connectivity index is 2.46. The number of carbonyl (C=O) groups excluding carboxylic acids is 1. The summed E-state index contributed by atoms with van der Waals surface area (Å²) < 4.78 is 5.16. The number of ether oxygens (including phenoxy) is 1. The number of nitrogens with one attached hydrogen (secondary N) is 2. The van der Waals surface area contributed by atoms with E-state index < -0.39 is 5.60 Å². The molecule has 76 valence electrons. The summed E-state index contributed by atoms with van der Waals surface area (Å²) in [5.74, 6) is -0.171. The number of hydrogen-bond acceptors (Lipinski definition) is 4. The van der Waals surface area contributed by atoms with E-state index >= 15 is 0 Å². The van der Waals surface area contributed by atoms with Crippen LogP contribution in [0.2, 0.25) is 0 Å². The van der Waals surface area contributed by atoms with Crippen molar-refractivity contribution in [2.24, 2.45) is 0 Å². The van der Waals surface area contributed by atoms with Gasteiger partial charge in [0.05, 0.1) is 19.6 Å². The van der Waals surface area contributed by atoms with Crippen molar-refractivity contribution in [2.45, 2.75) is 12.0 Å². The van der Waals surface area contributed by atoms with Gasteiger partial charge in [0.1, 0.15) is 5.60 Å². The zero-order valence-corrected chi connectivity index (χ0v) is 7.80. The molecule has 0 radical (unpaired) electrons. The summed E-state index contributed by atoms with van der Waals surface area (Å²) in [7, 11) is 1.55. The van der Waals surface area contributed by atoms with Crippen LogP contribution in [0, 0.1) is 0 Å². The lowest BCUT2D eigenvalue weighted by Gasteiger charge is -2.24. The lowest BCUT2D eigenvalue weighted by Crippen LogP contribution is -2.45. The third-order valence-electron chi connectivity index (χ3n) is 2.02. The fourth-order valence-corrected chi connectivity index (χ4v) is 1.28. The maximum Gasteiger partial charge on any atom is 0.222 e. The maximum absolute atomic E-state index is 11.0. The van der Waals surface area contributed by atoms with E-state index in [-0.39, 0.29) is 18.9 Å². The fourth-order valence-electron chi connectivity index (χ4n) is 1.28. The molecule has 1 rings (SSSR count). The summed E-state index contributed by atoms with van der Waals surface area (Å²) in [5, 5.41) is 15.4. The molecule has 0 bridgehead atoms. The van der Waals surface area contributed by atoms with Crippen LogP contribution in [0.15, 0.2) is 0 Å². The van der Waals surface area contributed by atoms with Crippen molar-refractivity contribution in [1.29, 1.82) is 0 Å². The highest BCUT2D eigenvalue weighted by Crippen LogP contribution is 2.11. The van der Waals surface area contributed by atoms with Gasteiger partial charge in [0.15, 0.2) is 0 Å². The fraction of sp³-hybridized carbons (Fsp3) is 0.875. The molecule has 5 nitrogen and oxygen atoms in total. The first kappa shape index (κ1) is 10.4. The monoisotopic (exact) mass is 188 g/mol. The first-order chi connectivity index (χ1) is 6.16. The Morgan fingerprint density at radius 1 is 1.77 bits per heavy atom. The Morgan fingerprint density at radius 2 is 2.54 bits per heavy atom. The van der Waals surface area contributed by atoms with E-state index in [1.807, 2.05) is 0 Å². The quantitative estimate of drug-likeness (QED) is 0.492. The maximum atomic E-state index is 11.0. The Hall–Kier alpha value is -0.650. The Morgan fingerprint density at radius 3 is 3.23 bits per heavy atom. The molecule has 1 atom stereocenters. The van der Waals surface area contributed by atoms with Crippen LogP contribution in [0.1, 0.15) is 6.42 Å². The average molecular weight is 188 g/mol. The van der Waals surface area contributed by atoms with Crippen molar-refractivity contribution in [1.82, 2.24) is 10.6 Å². The Bertz CT molecular complexity index is 176. The number of β-amino-alcohol motifs (C(OH)–C–C–N with tert-alkyl or cyclic N) is 1. The lowest BCUT2D eigenvalue weighted by atomic mass is 10.0. The van der Waals surface area contributed by atoms with Crippen LogP contribution < -0.4 is 10.6 Å². The van der Waals surface area contributed by atoms with Crippen LogP contribution >= 0.6 is 0 Å². The molecule has 0 saturated carbocycles. The molecule has 0 aromatic heterocycles. The van der Waals surface area contributed by atoms with E-state index in [9.17, 15) is 9.90 Å². The molecule has 13 heavy (non-hydrogen) atoms. The van der Waals surface area contributed by atoms with E-state index in [2.05, 4.69) is 10.6 Å². The number of hydrogen-bond donors (Lipinski definition) is 3. The van der Waals surface area contributed by atoms with Gasteiger partial charge in [-0.25, -0.2) is 0 Å². The molecule has 1 heterocycles. The van der Waals surface area contributed by atoms with E-state index in [1.165, 1.54) is 0 Å². The predicted octanol–water partition coefficient (Wildman–Crippen LogP) is -1.53. The van der Waals surface area contributed by atoms with Gasteiger partial charge in [-0.1, -0.05) is 0 Å². The molecule has 0 unspecified atom stereocenters. The van der Waals surface area contributed by atoms with Crippen LogP contribution in [0.4, 0.5) is 0 Å². The molecule has 1 amide bonds. The third kappa shape index (κ3) is 3.30. The second-order valence-corrected chi connectivity index (χ2v) is 3.30. The molecule has 1 fully saturated rings. The summed E-state index contributed by atoms with van der Waals surface area (Å²) in [4.78, 5) is 11.0. The first-order valence-corrected chi connectivity index (χ1v) is 4.38. The smallest absolute Gasteiger partial charge is 0.222 e. The van der Waals surface area contributed by atoms with E-state index in [1.54, 1.807) is 7.05 Å². The molecule has 3 N–H and O–H groups in total. The number of aliphatic hydroxyl groups is 1. The predicted molar refractivity (Wildman–Crippen MR) is 47.3 cm³/mol. The topological polar surface area (TPSA) is 70.6 Å². The number of amides is 1. The van der Waals surface area contributed by atoms with Gasteiger partial charge < -0.3 is 20.5 Å². The zero-order valence-electron chi connectivity index (χ0n) is 7.80. The lowest BCUT2D eigenvalue weighted by molar-refractivity contribution is -0.127. The van der Waals surface area contributed by atoms with Crippen LogP contribution in [-0.2, 0) is 9.53 Å². The van der Waals surface area contributed by atoms with Gasteiger partial charge in [0, 0.05) is 20.1 Å². The van der Waals surface area contributed by atoms with E-state index in [4.69, 9.17) is 4.74 Å². The SMILES string of the molecule is CNC(=O)C[C@]1(O)CNCCOC1. The van der Waals surface area contributed by atoms with E-state index in [0.29, 0.717) is 13.2 Å². The molecule has 1 aliphatic heterocycles. The largest absolute Gasteiger partial charge is 0.386 e.